The first-order valence-electron chi connectivity index (χ1n) is 12.6. The molecule has 2 N–H and O–H groups in total. The molecule has 0 saturated heterocycles. The molecule has 0 bridgehead atoms. The van der Waals surface area contributed by atoms with E-state index in [9.17, 15) is 9.59 Å². The van der Waals surface area contributed by atoms with Gasteiger partial charge in [0, 0.05) is 12.1 Å². The van der Waals surface area contributed by atoms with Gasteiger partial charge in [-0.2, -0.15) is 0 Å². The number of hydrogen-bond donors (Lipinski definition) is 2. The van der Waals surface area contributed by atoms with E-state index in [-0.39, 0.29) is 47.3 Å². The number of hydrogen-bond acceptors (Lipinski definition) is 4. The summed E-state index contributed by atoms with van der Waals surface area (Å²) in [6.07, 6.45) is 13.2. The summed E-state index contributed by atoms with van der Waals surface area (Å²) in [5, 5.41) is 6.26. The van der Waals surface area contributed by atoms with Gasteiger partial charge in [0.2, 0.25) is 0 Å². The zero-order valence-electron chi connectivity index (χ0n) is 20.1. The van der Waals surface area contributed by atoms with Crippen LogP contribution in [-0.2, 0) is 9.47 Å². The average Bonchev–Trinajstić information content (AvgIpc) is 2.67. The zero-order valence-corrected chi connectivity index (χ0v) is 20.1. The molecule has 0 aromatic carbocycles. The predicted molar refractivity (Wildman–Crippen MR) is 122 cm³/mol. The van der Waals surface area contributed by atoms with E-state index in [2.05, 4.69) is 38.3 Å². The maximum absolute atomic E-state index is 12.5. The van der Waals surface area contributed by atoms with E-state index in [0.717, 1.165) is 70.6 Å². The first kappa shape index (κ1) is 24.2. The minimum absolute atomic E-state index is 0.0400. The van der Waals surface area contributed by atoms with Crippen molar-refractivity contribution in [3.05, 3.63) is 0 Å². The molecule has 0 aliphatic heterocycles. The first-order chi connectivity index (χ1) is 14.7. The number of carbonyl (C=O) groups excluding carboxylic acids is 2. The molecule has 178 valence electrons. The van der Waals surface area contributed by atoms with Gasteiger partial charge in [-0.25, -0.2) is 9.59 Å². The van der Waals surface area contributed by atoms with Crippen LogP contribution in [0.4, 0.5) is 9.59 Å². The fourth-order valence-electron chi connectivity index (χ4n) is 6.23. The maximum Gasteiger partial charge on any atom is 0.407 e. The Balaban J connectivity index is 1.54. The lowest BCUT2D eigenvalue weighted by atomic mass is 9.60. The highest BCUT2D eigenvalue weighted by molar-refractivity contribution is 5.68. The average molecular weight is 437 g/mol. The molecule has 0 aromatic heterocycles. The van der Waals surface area contributed by atoms with E-state index in [0.29, 0.717) is 0 Å². The molecular formula is C25H44N2O4. The van der Waals surface area contributed by atoms with Crippen LogP contribution in [-0.4, -0.2) is 36.5 Å². The first-order valence-corrected chi connectivity index (χ1v) is 12.6. The molecule has 3 aliphatic carbocycles. The number of amides is 2. The fraction of sp³-hybridized carbons (Fsp3) is 0.920. The van der Waals surface area contributed by atoms with Crippen LogP contribution < -0.4 is 10.6 Å². The van der Waals surface area contributed by atoms with E-state index in [1.165, 1.54) is 12.8 Å². The van der Waals surface area contributed by atoms with Gasteiger partial charge in [-0.3, -0.25) is 0 Å². The van der Waals surface area contributed by atoms with Crippen LogP contribution in [0, 0.1) is 10.8 Å². The molecule has 2 amide bonds. The second kappa shape index (κ2) is 10.4. The highest BCUT2D eigenvalue weighted by Crippen LogP contribution is 2.48. The van der Waals surface area contributed by atoms with Gasteiger partial charge in [0.15, 0.2) is 0 Å². The van der Waals surface area contributed by atoms with Crippen LogP contribution in [0.2, 0.25) is 0 Å². The Hall–Kier alpha value is -1.46. The molecule has 3 atom stereocenters. The van der Waals surface area contributed by atoms with E-state index in [1.807, 2.05) is 0 Å². The van der Waals surface area contributed by atoms with Crippen molar-refractivity contribution in [1.29, 1.82) is 0 Å². The van der Waals surface area contributed by atoms with Crippen molar-refractivity contribution < 1.29 is 19.1 Å². The molecular weight excluding hydrogens is 392 g/mol. The van der Waals surface area contributed by atoms with Gasteiger partial charge in [0.1, 0.15) is 12.2 Å². The summed E-state index contributed by atoms with van der Waals surface area (Å²) < 4.78 is 11.4. The fourth-order valence-corrected chi connectivity index (χ4v) is 6.23. The summed E-state index contributed by atoms with van der Waals surface area (Å²) in [7, 11) is 0. The highest BCUT2D eigenvalue weighted by Gasteiger charge is 2.45. The van der Waals surface area contributed by atoms with Crippen molar-refractivity contribution in [2.24, 2.45) is 10.8 Å². The third-order valence-corrected chi connectivity index (χ3v) is 7.75. The Morgan fingerprint density at radius 3 is 1.87 bits per heavy atom. The third kappa shape index (κ3) is 7.28. The molecule has 0 spiro atoms. The molecule has 3 saturated carbocycles. The van der Waals surface area contributed by atoms with Crippen LogP contribution in [0.15, 0.2) is 0 Å². The van der Waals surface area contributed by atoms with Crippen LogP contribution in [0.25, 0.3) is 0 Å². The number of rotatable bonds is 5. The van der Waals surface area contributed by atoms with E-state index in [1.54, 1.807) is 0 Å². The van der Waals surface area contributed by atoms with Gasteiger partial charge in [-0.05, 0) is 88.4 Å². The standard InChI is InChI=1S/C25H44N2O4/c1-18(26-22(28)30-20-11-7-5-8-12-20)25(4)16-19(15-24(2,3)17-25)27-23(29)31-21-13-9-6-10-14-21/h18-21H,5-17H2,1-4H3,(H,26,28)(H,27,29). The van der Waals surface area contributed by atoms with Gasteiger partial charge in [0.25, 0.3) is 0 Å². The van der Waals surface area contributed by atoms with Crippen molar-refractivity contribution in [3.8, 4) is 0 Å². The Labute approximate surface area is 188 Å². The van der Waals surface area contributed by atoms with E-state index in [4.69, 9.17) is 9.47 Å². The number of carbonyl (C=O) groups is 2. The van der Waals surface area contributed by atoms with Crippen LogP contribution in [0.1, 0.15) is 111 Å². The van der Waals surface area contributed by atoms with Crippen LogP contribution in [0.3, 0.4) is 0 Å². The maximum atomic E-state index is 12.5. The minimum atomic E-state index is -0.301. The monoisotopic (exact) mass is 436 g/mol. The molecule has 0 aromatic rings. The summed E-state index contributed by atoms with van der Waals surface area (Å²) in [5.74, 6) is 0. The van der Waals surface area contributed by atoms with Gasteiger partial charge < -0.3 is 20.1 Å². The topological polar surface area (TPSA) is 76.7 Å². The third-order valence-electron chi connectivity index (χ3n) is 7.75. The molecule has 3 aliphatic rings. The lowest BCUT2D eigenvalue weighted by Gasteiger charge is -2.49. The van der Waals surface area contributed by atoms with Gasteiger partial charge in [-0.1, -0.05) is 33.6 Å². The van der Waals surface area contributed by atoms with Gasteiger partial charge in [0.05, 0.1) is 0 Å². The summed E-state index contributed by atoms with van der Waals surface area (Å²) in [5.41, 5.74) is -0.0604. The minimum Gasteiger partial charge on any atom is -0.446 e. The smallest absolute Gasteiger partial charge is 0.407 e. The lowest BCUT2D eigenvalue weighted by molar-refractivity contribution is 0.0256. The highest BCUT2D eigenvalue weighted by atomic mass is 16.6. The summed E-state index contributed by atoms with van der Waals surface area (Å²) in [6, 6.07) is 0.00489. The Kier molecular flexibility index (Phi) is 8.14. The Morgan fingerprint density at radius 2 is 1.32 bits per heavy atom. The van der Waals surface area contributed by atoms with Crippen molar-refractivity contribution >= 4 is 12.2 Å². The summed E-state index contributed by atoms with van der Waals surface area (Å²) in [6.45, 7) is 8.79. The van der Waals surface area contributed by atoms with Crippen LogP contribution in [0.5, 0.6) is 0 Å². The van der Waals surface area contributed by atoms with Crippen LogP contribution >= 0.6 is 0 Å². The molecule has 0 heterocycles. The predicted octanol–water partition coefficient (Wildman–Crippen LogP) is 6.08. The van der Waals surface area contributed by atoms with Gasteiger partial charge >= 0.3 is 12.2 Å². The Bertz CT molecular complexity index is 611. The molecule has 6 heteroatoms. The molecule has 31 heavy (non-hydrogen) atoms. The Morgan fingerprint density at radius 1 is 0.806 bits per heavy atom. The molecule has 3 unspecified atom stereocenters. The molecule has 3 fully saturated rings. The van der Waals surface area contributed by atoms with E-state index < -0.39 is 0 Å². The quantitative estimate of drug-likeness (QED) is 0.548. The number of alkyl carbamates (subject to hydrolysis) is 2. The normalized spacial score (nSPS) is 30.8. The summed E-state index contributed by atoms with van der Waals surface area (Å²) >= 11 is 0. The molecule has 0 radical (unpaired) electrons. The SMILES string of the molecule is CC(NC(=O)OC1CCCCC1)C1(C)CC(NC(=O)OC2CCCCC2)CC(C)(C)C1. The number of nitrogens with one attached hydrogen (secondary N) is 2. The van der Waals surface area contributed by atoms with Crippen molar-refractivity contribution in [2.45, 2.75) is 135 Å². The van der Waals surface area contributed by atoms with Crippen molar-refractivity contribution in [2.75, 3.05) is 0 Å². The number of ether oxygens (including phenoxy) is 2. The second-order valence-electron chi connectivity index (χ2n) is 11.4. The van der Waals surface area contributed by atoms with Crippen molar-refractivity contribution in [1.82, 2.24) is 10.6 Å². The zero-order chi connectivity index (χ0) is 22.5. The van der Waals surface area contributed by atoms with E-state index >= 15 is 0 Å². The molecule has 3 rings (SSSR count). The molecule has 6 nitrogen and oxygen atoms in total. The van der Waals surface area contributed by atoms with Gasteiger partial charge in [-0.15, -0.1) is 0 Å². The lowest BCUT2D eigenvalue weighted by Crippen LogP contribution is -2.54. The largest absolute Gasteiger partial charge is 0.446 e. The van der Waals surface area contributed by atoms with Crippen molar-refractivity contribution in [3.63, 3.8) is 0 Å². The second-order valence-corrected chi connectivity index (χ2v) is 11.4. The summed E-state index contributed by atoms with van der Waals surface area (Å²) in [4.78, 5) is 25.1.